The Labute approximate surface area is 268 Å². The predicted molar refractivity (Wildman–Crippen MR) is 192 cm³/mol. The molecule has 0 radical (unpaired) electrons. The molecule has 0 aliphatic carbocycles. The second-order valence-corrected chi connectivity index (χ2v) is 14.5. The van der Waals surface area contributed by atoms with Gasteiger partial charge in [0.2, 0.25) is 0 Å². The Morgan fingerprint density at radius 1 is 0.488 bits per heavy atom. The van der Waals surface area contributed by atoms with E-state index in [1.165, 1.54) is 51.9 Å². The van der Waals surface area contributed by atoms with Crippen LogP contribution in [0.5, 0.6) is 0 Å². The average molecular weight is 615 g/mol. The average Bonchev–Trinajstić information content (AvgIpc) is 2.91. The predicted octanol–water partition coefficient (Wildman–Crippen LogP) is 12.5. The molecule has 0 aromatic rings. The highest BCUT2D eigenvalue weighted by Crippen LogP contribution is 2.16. The summed E-state index contributed by atoms with van der Waals surface area (Å²) in [5.41, 5.74) is 10.00. The molecule has 0 unspecified atom stereocenters. The third-order valence-electron chi connectivity index (χ3n) is 7.68. The van der Waals surface area contributed by atoms with E-state index in [0.717, 1.165) is 70.6 Å². The summed E-state index contributed by atoms with van der Waals surface area (Å²) in [6, 6.07) is 0. The van der Waals surface area contributed by atoms with E-state index in [1.54, 1.807) is 0 Å². The first-order chi connectivity index (χ1) is 20.3. The second kappa shape index (κ2) is 25.4. The summed E-state index contributed by atoms with van der Waals surface area (Å²) >= 11 is 0. The van der Waals surface area contributed by atoms with Gasteiger partial charge in [0, 0.05) is 0 Å². The number of rotatable bonds is 24. The maximum atomic E-state index is 11.8. The van der Waals surface area contributed by atoms with Crippen molar-refractivity contribution in [3.8, 4) is 0 Å². The van der Waals surface area contributed by atoms with Crippen molar-refractivity contribution in [2.45, 2.75) is 152 Å². The Hall–Kier alpha value is -1.91. The minimum Gasteiger partial charge on any atom is -0.266 e. The van der Waals surface area contributed by atoms with Crippen molar-refractivity contribution in [3.05, 3.63) is 81.5 Å². The van der Waals surface area contributed by atoms with Gasteiger partial charge in [-0.05, 0) is 139 Å². The Kier molecular flexibility index (Phi) is 24.3. The molecule has 0 bridgehead atoms. The smallest absolute Gasteiger partial charge is 0.266 e. The molecule has 3 nitrogen and oxygen atoms in total. The van der Waals surface area contributed by atoms with Crippen molar-refractivity contribution in [1.82, 2.24) is 0 Å². The monoisotopic (exact) mass is 614 g/mol. The quantitative estimate of drug-likeness (QED) is 0.0802. The van der Waals surface area contributed by atoms with E-state index < -0.39 is 10.1 Å². The SMILES string of the molecule is CCCCS(=O)(=O)OC/C=C(\C)CCC=C(C)CC/C=C(\C)CCC=C(C)CCC=C(C)CCC=C(C)CCC=C(C)C. The lowest BCUT2D eigenvalue weighted by Gasteiger charge is -2.04. The zero-order valence-corrected chi connectivity index (χ0v) is 30.3. The first kappa shape index (κ1) is 41.1. The maximum absolute atomic E-state index is 11.8. The van der Waals surface area contributed by atoms with Crippen LogP contribution in [0.3, 0.4) is 0 Å². The van der Waals surface area contributed by atoms with Crippen LogP contribution < -0.4 is 0 Å². The molecule has 0 aliphatic rings. The summed E-state index contributed by atoms with van der Waals surface area (Å²) in [6.45, 7) is 19.8. The number of hydrogen-bond donors (Lipinski definition) is 0. The summed E-state index contributed by atoms with van der Waals surface area (Å²) in [5.74, 6) is 0.108. The number of allylic oxidation sites excluding steroid dienone is 13. The molecule has 0 aromatic heterocycles. The molecule has 0 saturated carbocycles. The summed E-state index contributed by atoms with van der Waals surface area (Å²) in [7, 11) is -3.39. The van der Waals surface area contributed by atoms with Crippen LogP contribution in [0.15, 0.2) is 81.5 Å². The third-order valence-corrected chi connectivity index (χ3v) is 8.96. The summed E-state index contributed by atoms with van der Waals surface area (Å²) in [4.78, 5) is 0. The van der Waals surface area contributed by atoms with Gasteiger partial charge in [0.1, 0.15) is 0 Å². The van der Waals surface area contributed by atoms with Gasteiger partial charge in [-0.1, -0.05) is 94.9 Å². The van der Waals surface area contributed by atoms with Crippen LogP contribution in [-0.4, -0.2) is 20.8 Å². The molecule has 43 heavy (non-hydrogen) atoms. The van der Waals surface area contributed by atoms with Crippen LogP contribution >= 0.6 is 0 Å². The van der Waals surface area contributed by atoms with Crippen LogP contribution in [0.25, 0.3) is 0 Å². The summed E-state index contributed by atoms with van der Waals surface area (Å²) in [5, 5.41) is 0. The molecule has 246 valence electrons. The molecule has 4 heteroatoms. The molecule has 0 spiro atoms. The molecule has 0 saturated heterocycles. The van der Waals surface area contributed by atoms with Gasteiger partial charge in [0.05, 0.1) is 12.4 Å². The molecule has 0 aromatic carbocycles. The van der Waals surface area contributed by atoms with E-state index in [2.05, 4.69) is 84.9 Å². The van der Waals surface area contributed by atoms with Crippen molar-refractivity contribution in [1.29, 1.82) is 0 Å². The van der Waals surface area contributed by atoms with E-state index in [9.17, 15) is 8.42 Å². The minimum atomic E-state index is -3.39. The first-order valence-electron chi connectivity index (χ1n) is 16.8. The molecule has 0 aliphatic heterocycles. The molecule has 0 N–H and O–H groups in total. The van der Waals surface area contributed by atoms with E-state index in [-0.39, 0.29) is 12.4 Å². The second-order valence-electron chi connectivity index (χ2n) is 12.7. The first-order valence-corrected chi connectivity index (χ1v) is 18.4. The van der Waals surface area contributed by atoms with Crippen LogP contribution in [0.2, 0.25) is 0 Å². The van der Waals surface area contributed by atoms with Gasteiger partial charge in [-0.25, -0.2) is 0 Å². The maximum Gasteiger partial charge on any atom is 0.267 e. The fourth-order valence-corrected chi connectivity index (χ4v) is 5.63. The van der Waals surface area contributed by atoms with Gasteiger partial charge >= 0.3 is 0 Å². The zero-order chi connectivity index (χ0) is 32.5. The molecular formula is C39H66O3S. The van der Waals surface area contributed by atoms with Crippen LogP contribution in [-0.2, 0) is 14.3 Å². The molecule has 0 atom stereocenters. The fraction of sp³-hybridized carbons (Fsp3) is 0.641. The van der Waals surface area contributed by atoms with Crippen molar-refractivity contribution in [2.24, 2.45) is 0 Å². The van der Waals surface area contributed by atoms with Crippen molar-refractivity contribution < 1.29 is 12.6 Å². The third kappa shape index (κ3) is 27.4. The molecule has 0 rings (SSSR count). The largest absolute Gasteiger partial charge is 0.267 e. The van der Waals surface area contributed by atoms with Gasteiger partial charge in [-0.2, -0.15) is 8.42 Å². The van der Waals surface area contributed by atoms with Crippen molar-refractivity contribution >= 4 is 10.1 Å². The van der Waals surface area contributed by atoms with Gasteiger partial charge in [0.25, 0.3) is 10.1 Å². The summed E-state index contributed by atoms with van der Waals surface area (Å²) in [6.07, 6.45) is 31.0. The van der Waals surface area contributed by atoms with Gasteiger partial charge in [0.15, 0.2) is 0 Å². The van der Waals surface area contributed by atoms with E-state index in [4.69, 9.17) is 4.18 Å². The highest BCUT2D eigenvalue weighted by Gasteiger charge is 2.08. The lowest BCUT2D eigenvalue weighted by molar-refractivity contribution is 0.355. The highest BCUT2D eigenvalue weighted by molar-refractivity contribution is 7.86. The Morgan fingerprint density at radius 2 is 0.791 bits per heavy atom. The topological polar surface area (TPSA) is 43.4 Å². The Morgan fingerprint density at radius 3 is 1.09 bits per heavy atom. The van der Waals surface area contributed by atoms with Gasteiger partial charge in [-0.3, -0.25) is 4.18 Å². The normalized spacial score (nSPS) is 14.4. The summed E-state index contributed by atoms with van der Waals surface area (Å²) < 4.78 is 28.6. The Bertz CT molecular complexity index is 1090. The van der Waals surface area contributed by atoms with Crippen LogP contribution in [0.1, 0.15) is 152 Å². The van der Waals surface area contributed by atoms with Crippen molar-refractivity contribution in [3.63, 3.8) is 0 Å². The highest BCUT2D eigenvalue weighted by atomic mass is 32.2. The lowest BCUT2D eigenvalue weighted by atomic mass is 10.0. The fourth-order valence-electron chi connectivity index (χ4n) is 4.59. The van der Waals surface area contributed by atoms with Crippen LogP contribution in [0, 0.1) is 0 Å². The molecule has 0 amide bonds. The van der Waals surface area contributed by atoms with Gasteiger partial charge < -0.3 is 0 Å². The van der Waals surface area contributed by atoms with E-state index in [0.29, 0.717) is 6.42 Å². The molecular weight excluding hydrogens is 548 g/mol. The zero-order valence-electron chi connectivity index (χ0n) is 29.5. The molecule has 0 heterocycles. The number of hydrogen-bond acceptors (Lipinski definition) is 3. The Balaban J connectivity index is 4.22. The van der Waals surface area contributed by atoms with E-state index >= 15 is 0 Å². The minimum absolute atomic E-state index is 0.108. The lowest BCUT2D eigenvalue weighted by Crippen LogP contribution is -2.10. The standard InChI is InChI=1S/C39H66O3S/c1-10-11-32-43(40,41)42-31-30-39(9)29-17-28-38(8)27-16-26-37(7)25-15-24-36(6)23-14-22-35(5)21-13-20-34(4)19-12-18-33(2)3/h18,20,22,24,26,28,30H,10-17,19,21,23,25,27,29,31-32H2,1-9H3/b34-20?,35-22?,36-24?,37-26+,38-28?,39-30+. The van der Waals surface area contributed by atoms with Crippen LogP contribution in [0.4, 0.5) is 0 Å². The molecule has 0 fully saturated rings. The number of unbranched alkanes of at least 4 members (excludes halogenated alkanes) is 1. The van der Waals surface area contributed by atoms with Crippen molar-refractivity contribution in [2.75, 3.05) is 12.4 Å². The van der Waals surface area contributed by atoms with E-state index in [1.807, 2.05) is 19.9 Å². The van der Waals surface area contributed by atoms with Gasteiger partial charge in [-0.15, -0.1) is 0 Å².